The Hall–Kier alpha value is -1.57. The Morgan fingerprint density at radius 2 is 2.05 bits per heavy atom. The molecule has 0 atom stereocenters. The highest BCUT2D eigenvalue weighted by molar-refractivity contribution is 7.92. The number of carbonyl (C=O) groups is 1. The Morgan fingerprint density at radius 3 is 2.65 bits per heavy atom. The van der Waals surface area contributed by atoms with E-state index in [1.54, 1.807) is 25.1 Å². The van der Waals surface area contributed by atoms with Crippen molar-refractivity contribution in [2.45, 2.75) is 11.8 Å². The number of carboxylic acid groups (broad SMARTS) is 1. The lowest BCUT2D eigenvalue weighted by atomic mass is 10.2. The predicted molar refractivity (Wildman–Crippen MR) is 78.3 cm³/mol. The molecule has 5 nitrogen and oxygen atoms in total. The summed E-state index contributed by atoms with van der Waals surface area (Å²) < 4.78 is 26.6. The first-order chi connectivity index (χ1) is 9.29. The van der Waals surface area contributed by atoms with Crippen LogP contribution in [0.3, 0.4) is 0 Å². The molecule has 0 spiro atoms. The first kappa shape index (κ1) is 14.8. The highest BCUT2D eigenvalue weighted by atomic mass is 35.5. The summed E-state index contributed by atoms with van der Waals surface area (Å²) in [6.07, 6.45) is 0. The lowest BCUT2D eigenvalue weighted by Crippen LogP contribution is -2.12. The number of carboxylic acids is 1. The highest BCUT2D eigenvalue weighted by Gasteiger charge is 2.19. The summed E-state index contributed by atoms with van der Waals surface area (Å²) in [6, 6.07) is 6.06. The molecule has 0 fully saturated rings. The van der Waals surface area contributed by atoms with Gasteiger partial charge in [-0.25, -0.2) is 13.2 Å². The Labute approximate surface area is 124 Å². The van der Waals surface area contributed by atoms with Crippen LogP contribution in [0.5, 0.6) is 0 Å². The van der Waals surface area contributed by atoms with E-state index in [4.69, 9.17) is 16.7 Å². The number of sulfonamides is 1. The van der Waals surface area contributed by atoms with Crippen molar-refractivity contribution in [3.63, 3.8) is 0 Å². The number of thiophene rings is 1. The molecule has 1 aromatic heterocycles. The zero-order valence-electron chi connectivity index (χ0n) is 10.3. The number of rotatable bonds is 4. The Kier molecular flexibility index (Phi) is 4.03. The molecule has 2 aromatic rings. The second kappa shape index (κ2) is 5.43. The number of benzene rings is 1. The summed E-state index contributed by atoms with van der Waals surface area (Å²) in [4.78, 5) is 10.6. The van der Waals surface area contributed by atoms with E-state index in [1.165, 1.54) is 5.38 Å². The number of hydrogen-bond acceptors (Lipinski definition) is 4. The van der Waals surface area contributed by atoms with E-state index in [2.05, 4.69) is 4.72 Å². The van der Waals surface area contributed by atoms with Gasteiger partial charge in [0, 0.05) is 5.38 Å². The van der Waals surface area contributed by atoms with Crippen LogP contribution in [0, 0.1) is 6.92 Å². The van der Waals surface area contributed by atoms with Crippen LogP contribution in [0.15, 0.2) is 34.5 Å². The molecule has 0 saturated heterocycles. The van der Waals surface area contributed by atoms with Gasteiger partial charge in [0.15, 0.2) is 0 Å². The molecule has 2 rings (SSSR count). The quantitative estimate of drug-likeness (QED) is 0.901. The molecule has 0 unspecified atom stereocenters. The molecule has 8 heteroatoms. The third-order valence-corrected chi connectivity index (χ3v) is 5.20. The van der Waals surface area contributed by atoms with E-state index in [0.717, 1.165) is 23.0 Å². The van der Waals surface area contributed by atoms with Crippen molar-refractivity contribution in [3.8, 4) is 0 Å². The van der Waals surface area contributed by atoms with Gasteiger partial charge in [0.1, 0.15) is 4.88 Å². The molecule has 2 N–H and O–H groups in total. The van der Waals surface area contributed by atoms with Crippen molar-refractivity contribution in [2.75, 3.05) is 4.72 Å². The maximum Gasteiger partial charge on any atom is 0.345 e. The lowest BCUT2D eigenvalue weighted by Gasteiger charge is -2.09. The van der Waals surface area contributed by atoms with Crippen LogP contribution in [0.2, 0.25) is 5.02 Å². The molecule has 1 heterocycles. The van der Waals surface area contributed by atoms with E-state index in [0.29, 0.717) is 0 Å². The fourth-order valence-corrected chi connectivity index (χ4v) is 3.90. The number of aromatic carboxylic acids is 1. The smallest absolute Gasteiger partial charge is 0.345 e. The Balaban J connectivity index is 2.35. The molecule has 0 amide bonds. The number of nitrogens with one attached hydrogen (secondary N) is 1. The summed E-state index contributed by atoms with van der Waals surface area (Å²) in [5, 5.41) is 10.4. The molecule has 0 radical (unpaired) electrons. The first-order valence-electron chi connectivity index (χ1n) is 5.40. The van der Waals surface area contributed by atoms with Crippen molar-refractivity contribution in [2.24, 2.45) is 0 Å². The van der Waals surface area contributed by atoms with Gasteiger partial charge in [0.2, 0.25) is 0 Å². The normalized spacial score (nSPS) is 11.3. The van der Waals surface area contributed by atoms with Crippen molar-refractivity contribution >= 4 is 44.6 Å². The molecular formula is C12H10ClNO4S2. The second-order valence-electron chi connectivity index (χ2n) is 4.04. The standard InChI is InChI=1S/C12H10ClNO4S2/c1-7-2-3-9(13)10(4-7)14-20(17,18)8-5-11(12(15)16)19-6-8/h2-6,14H,1H3,(H,15,16). The monoisotopic (exact) mass is 331 g/mol. The van der Waals surface area contributed by atoms with Gasteiger partial charge in [-0.15, -0.1) is 11.3 Å². The van der Waals surface area contributed by atoms with E-state index in [1.807, 2.05) is 0 Å². The van der Waals surface area contributed by atoms with Crippen LogP contribution in [0.4, 0.5) is 5.69 Å². The third kappa shape index (κ3) is 3.12. The molecule has 20 heavy (non-hydrogen) atoms. The number of hydrogen-bond donors (Lipinski definition) is 2. The summed E-state index contributed by atoms with van der Waals surface area (Å²) in [5.74, 6) is -1.16. The summed E-state index contributed by atoms with van der Waals surface area (Å²) >= 11 is 6.78. The molecule has 0 saturated carbocycles. The molecular weight excluding hydrogens is 322 g/mol. The van der Waals surface area contributed by atoms with Crippen LogP contribution >= 0.6 is 22.9 Å². The molecule has 0 aliphatic heterocycles. The number of aryl methyl sites for hydroxylation is 1. The van der Waals surface area contributed by atoms with E-state index in [9.17, 15) is 13.2 Å². The van der Waals surface area contributed by atoms with Crippen LogP contribution < -0.4 is 4.72 Å². The predicted octanol–water partition coefficient (Wildman–Crippen LogP) is 3.21. The van der Waals surface area contributed by atoms with Gasteiger partial charge < -0.3 is 5.11 Å². The third-order valence-electron chi connectivity index (χ3n) is 2.46. The summed E-state index contributed by atoms with van der Waals surface area (Å²) in [5.41, 5.74) is 1.11. The largest absolute Gasteiger partial charge is 0.477 e. The maximum absolute atomic E-state index is 12.1. The summed E-state index contributed by atoms with van der Waals surface area (Å²) in [6.45, 7) is 1.81. The molecule has 0 aliphatic carbocycles. The number of halogens is 1. The fourth-order valence-electron chi connectivity index (χ4n) is 1.49. The topological polar surface area (TPSA) is 83.5 Å². The van der Waals surface area contributed by atoms with E-state index in [-0.39, 0.29) is 20.5 Å². The average Bonchev–Trinajstić information content (AvgIpc) is 2.84. The zero-order chi connectivity index (χ0) is 14.9. The van der Waals surface area contributed by atoms with Crippen molar-refractivity contribution in [1.29, 1.82) is 0 Å². The molecule has 1 aromatic carbocycles. The number of anilines is 1. The van der Waals surface area contributed by atoms with Crippen LogP contribution in [0.1, 0.15) is 15.2 Å². The SMILES string of the molecule is Cc1ccc(Cl)c(NS(=O)(=O)c2csc(C(=O)O)c2)c1. The molecule has 0 aliphatic rings. The average molecular weight is 332 g/mol. The minimum absolute atomic E-state index is 0.0410. The molecule has 106 valence electrons. The van der Waals surface area contributed by atoms with Gasteiger partial charge in [-0.1, -0.05) is 17.7 Å². The Morgan fingerprint density at radius 1 is 1.35 bits per heavy atom. The minimum Gasteiger partial charge on any atom is -0.477 e. The lowest BCUT2D eigenvalue weighted by molar-refractivity contribution is 0.0702. The van der Waals surface area contributed by atoms with Gasteiger partial charge in [-0.05, 0) is 30.7 Å². The maximum atomic E-state index is 12.1. The summed E-state index contributed by atoms with van der Waals surface area (Å²) in [7, 11) is -3.85. The van der Waals surface area contributed by atoms with Crippen molar-refractivity contribution < 1.29 is 18.3 Å². The first-order valence-corrected chi connectivity index (χ1v) is 8.14. The van der Waals surface area contributed by atoms with Gasteiger partial charge in [0.25, 0.3) is 10.0 Å². The highest BCUT2D eigenvalue weighted by Crippen LogP contribution is 2.27. The molecule has 0 bridgehead atoms. The van der Waals surface area contributed by atoms with Crippen LogP contribution in [-0.4, -0.2) is 19.5 Å². The fraction of sp³-hybridized carbons (Fsp3) is 0.0833. The van der Waals surface area contributed by atoms with E-state index >= 15 is 0 Å². The van der Waals surface area contributed by atoms with Gasteiger partial charge in [-0.3, -0.25) is 4.72 Å². The van der Waals surface area contributed by atoms with Crippen molar-refractivity contribution in [1.82, 2.24) is 0 Å². The zero-order valence-corrected chi connectivity index (χ0v) is 12.6. The van der Waals surface area contributed by atoms with Crippen LogP contribution in [0.25, 0.3) is 0 Å². The van der Waals surface area contributed by atoms with Gasteiger partial charge >= 0.3 is 5.97 Å². The van der Waals surface area contributed by atoms with Crippen molar-refractivity contribution in [3.05, 3.63) is 45.1 Å². The van der Waals surface area contributed by atoms with Crippen LogP contribution in [-0.2, 0) is 10.0 Å². The van der Waals surface area contributed by atoms with Gasteiger partial charge in [-0.2, -0.15) is 0 Å². The van der Waals surface area contributed by atoms with Gasteiger partial charge in [0.05, 0.1) is 15.6 Å². The minimum atomic E-state index is -3.85. The Bertz CT molecular complexity index is 768. The second-order valence-corrected chi connectivity index (χ2v) is 7.04. The van der Waals surface area contributed by atoms with E-state index < -0.39 is 16.0 Å².